The molecule has 0 amide bonds. The first-order valence-electron chi connectivity index (χ1n) is 16.2. The summed E-state index contributed by atoms with van der Waals surface area (Å²) in [5.41, 5.74) is 19.0. The second-order valence-corrected chi connectivity index (χ2v) is 11.8. The highest BCUT2D eigenvalue weighted by molar-refractivity contribution is 6.17. The minimum absolute atomic E-state index is 0.347. The molecule has 7 aromatic carbocycles. The molecule has 3 N–H and O–H groups in total. The molecule has 4 nitrogen and oxygen atoms in total. The number of nitrogens with one attached hydrogen (secondary N) is 1. The van der Waals surface area contributed by atoms with Gasteiger partial charge in [-0.25, -0.2) is 0 Å². The quantitative estimate of drug-likeness (QED) is 0.131. The van der Waals surface area contributed by atoms with E-state index in [0.717, 1.165) is 55.9 Å². The van der Waals surface area contributed by atoms with E-state index in [2.05, 4.69) is 155 Å². The van der Waals surface area contributed by atoms with Crippen molar-refractivity contribution in [2.24, 2.45) is 4.99 Å². The molecule has 8 rings (SSSR count). The van der Waals surface area contributed by atoms with Crippen LogP contribution in [0.2, 0.25) is 0 Å². The Balaban J connectivity index is 1.28. The SMILES string of the molecule is Nc1ccccc1C(=NCNc1c(-c2ccccc2)ccc2c3ccccc3n(-c3ccccc3)c12)c1ccc(-c2ccccc2)cc1. The molecule has 0 fully saturated rings. The Hall–Kier alpha value is -6.39. The maximum atomic E-state index is 6.56. The third-order valence-corrected chi connectivity index (χ3v) is 8.91. The average Bonchev–Trinajstić information content (AvgIpc) is 3.50. The number of hydrogen-bond donors (Lipinski definition) is 2. The van der Waals surface area contributed by atoms with Gasteiger partial charge in [-0.1, -0.05) is 152 Å². The van der Waals surface area contributed by atoms with Crippen molar-refractivity contribution < 1.29 is 0 Å². The van der Waals surface area contributed by atoms with Crippen LogP contribution in [-0.2, 0) is 0 Å². The smallest absolute Gasteiger partial charge is 0.108 e. The number of hydrogen-bond acceptors (Lipinski definition) is 3. The van der Waals surface area contributed by atoms with Gasteiger partial charge in [0, 0.05) is 38.8 Å². The zero-order valence-electron chi connectivity index (χ0n) is 26.4. The first-order valence-corrected chi connectivity index (χ1v) is 16.2. The summed E-state index contributed by atoms with van der Waals surface area (Å²) in [5.74, 6) is 0. The molecule has 48 heavy (non-hydrogen) atoms. The lowest BCUT2D eigenvalue weighted by Gasteiger charge is -2.17. The molecule has 0 aliphatic heterocycles. The molecule has 0 aliphatic carbocycles. The van der Waals surface area contributed by atoms with Crippen LogP contribution in [0.1, 0.15) is 11.1 Å². The number of aromatic nitrogens is 1. The van der Waals surface area contributed by atoms with Gasteiger partial charge >= 0.3 is 0 Å². The fourth-order valence-electron chi connectivity index (χ4n) is 6.63. The number of benzene rings is 7. The van der Waals surface area contributed by atoms with E-state index in [1.165, 1.54) is 16.3 Å². The fourth-order valence-corrected chi connectivity index (χ4v) is 6.63. The molecule has 0 radical (unpaired) electrons. The Morgan fingerprint density at radius 2 is 1.15 bits per heavy atom. The van der Waals surface area contributed by atoms with Gasteiger partial charge in [-0.2, -0.15) is 0 Å². The van der Waals surface area contributed by atoms with Gasteiger partial charge in [0.1, 0.15) is 6.67 Å². The standard InChI is InChI=1S/C44H34N4/c45-40-22-12-10-21-39(40)42(34-26-24-32(25-27-34)31-14-4-1-5-15-31)46-30-47-43-36(33-16-6-2-7-17-33)28-29-38-37-20-11-13-23-41(37)48(44(38)43)35-18-8-3-9-19-35/h1-29,47H,30,45H2. The van der Waals surface area contributed by atoms with Crippen molar-refractivity contribution in [3.8, 4) is 27.9 Å². The van der Waals surface area contributed by atoms with Gasteiger partial charge < -0.3 is 15.6 Å². The third-order valence-electron chi connectivity index (χ3n) is 8.91. The lowest BCUT2D eigenvalue weighted by molar-refractivity contribution is 1.13. The molecule has 8 aromatic rings. The van der Waals surface area contributed by atoms with E-state index in [9.17, 15) is 0 Å². The van der Waals surface area contributed by atoms with E-state index in [1.807, 2.05) is 30.3 Å². The van der Waals surface area contributed by atoms with Gasteiger partial charge in [0.2, 0.25) is 0 Å². The van der Waals surface area contributed by atoms with Crippen molar-refractivity contribution in [3.05, 3.63) is 187 Å². The van der Waals surface area contributed by atoms with E-state index in [1.54, 1.807) is 0 Å². The summed E-state index contributed by atoms with van der Waals surface area (Å²) in [6.45, 7) is 0.347. The van der Waals surface area contributed by atoms with Crippen LogP contribution >= 0.6 is 0 Å². The predicted molar refractivity (Wildman–Crippen MR) is 203 cm³/mol. The minimum Gasteiger partial charge on any atom is -0.398 e. The van der Waals surface area contributed by atoms with E-state index >= 15 is 0 Å². The van der Waals surface area contributed by atoms with Crippen LogP contribution in [0.4, 0.5) is 11.4 Å². The number of fused-ring (bicyclic) bond motifs is 3. The summed E-state index contributed by atoms with van der Waals surface area (Å²) >= 11 is 0. The van der Waals surface area contributed by atoms with Gasteiger partial charge in [0.05, 0.1) is 22.4 Å². The van der Waals surface area contributed by atoms with Gasteiger partial charge in [-0.15, -0.1) is 0 Å². The van der Waals surface area contributed by atoms with E-state index < -0.39 is 0 Å². The predicted octanol–water partition coefficient (Wildman–Crippen LogP) is 10.6. The number of nitrogen functional groups attached to an aromatic ring is 1. The first kappa shape index (κ1) is 29.0. The molecule has 0 unspecified atom stereocenters. The van der Waals surface area contributed by atoms with Gasteiger partial charge in [-0.05, 0) is 41.0 Å². The lowest BCUT2D eigenvalue weighted by Crippen LogP contribution is -2.11. The van der Waals surface area contributed by atoms with Crippen LogP contribution in [-0.4, -0.2) is 16.9 Å². The zero-order valence-corrected chi connectivity index (χ0v) is 26.4. The topological polar surface area (TPSA) is 55.3 Å². The molecule has 1 heterocycles. The van der Waals surface area contributed by atoms with Crippen molar-refractivity contribution in [1.29, 1.82) is 0 Å². The highest BCUT2D eigenvalue weighted by Gasteiger charge is 2.19. The molecular weight excluding hydrogens is 585 g/mol. The summed E-state index contributed by atoms with van der Waals surface area (Å²) in [6, 6.07) is 61.2. The van der Waals surface area contributed by atoms with Crippen LogP contribution in [0.25, 0.3) is 49.7 Å². The zero-order chi connectivity index (χ0) is 32.3. The number of para-hydroxylation sites is 3. The second-order valence-electron chi connectivity index (χ2n) is 11.8. The van der Waals surface area contributed by atoms with Crippen molar-refractivity contribution in [3.63, 3.8) is 0 Å². The van der Waals surface area contributed by atoms with Crippen LogP contribution in [0.15, 0.2) is 181 Å². The van der Waals surface area contributed by atoms with E-state index in [4.69, 9.17) is 10.7 Å². The average molecular weight is 619 g/mol. The summed E-state index contributed by atoms with van der Waals surface area (Å²) in [6.07, 6.45) is 0. The number of rotatable bonds is 8. The number of nitrogens with two attached hydrogens (primary N) is 1. The Morgan fingerprint density at radius 3 is 1.88 bits per heavy atom. The molecule has 4 heteroatoms. The van der Waals surface area contributed by atoms with Crippen molar-refractivity contribution >= 4 is 38.9 Å². The Bertz CT molecular complexity index is 2370. The number of anilines is 2. The number of nitrogens with zero attached hydrogens (tertiary/aromatic N) is 2. The Labute approximate surface area is 280 Å². The molecule has 0 atom stereocenters. The normalized spacial score (nSPS) is 11.6. The van der Waals surface area contributed by atoms with E-state index in [0.29, 0.717) is 12.4 Å². The second kappa shape index (κ2) is 12.8. The third kappa shape index (κ3) is 5.40. The first-order chi connectivity index (χ1) is 23.8. The fraction of sp³-hybridized carbons (Fsp3) is 0.0227. The monoisotopic (exact) mass is 618 g/mol. The van der Waals surface area contributed by atoms with Gasteiger partial charge in [-0.3, -0.25) is 4.99 Å². The van der Waals surface area contributed by atoms with Crippen molar-refractivity contribution in [1.82, 2.24) is 4.57 Å². The van der Waals surface area contributed by atoms with Crippen LogP contribution in [0.3, 0.4) is 0 Å². The van der Waals surface area contributed by atoms with Gasteiger partial charge in [0.25, 0.3) is 0 Å². The molecule has 1 aromatic heterocycles. The highest BCUT2D eigenvalue weighted by atomic mass is 15.1. The van der Waals surface area contributed by atoms with Gasteiger partial charge in [0.15, 0.2) is 0 Å². The summed E-state index contributed by atoms with van der Waals surface area (Å²) in [7, 11) is 0. The lowest BCUT2D eigenvalue weighted by atomic mass is 9.97. The van der Waals surface area contributed by atoms with Crippen LogP contribution < -0.4 is 11.1 Å². The molecule has 230 valence electrons. The maximum absolute atomic E-state index is 6.56. The largest absolute Gasteiger partial charge is 0.398 e. The van der Waals surface area contributed by atoms with E-state index in [-0.39, 0.29) is 0 Å². The molecule has 0 saturated carbocycles. The summed E-state index contributed by atoms with van der Waals surface area (Å²) in [5, 5.41) is 6.20. The highest BCUT2D eigenvalue weighted by Crippen LogP contribution is 2.41. The van der Waals surface area contributed by atoms with Crippen molar-refractivity contribution in [2.45, 2.75) is 0 Å². The molecule has 0 saturated heterocycles. The molecule has 0 bridgehead atoms. The Morgan fingerprint density at radius 1 is 0.542 bits per heavy atom. The summed E-state index contributed by atoms with van der Waals surface area (Å²) in [4.78, 5) is 5.24. The molecule has 0 aliphatic rings. The Kier molecular flexibility index (Phi) is 7.73. The maximum Gasteiger partial charge on any atom is 0.108 e. The molecule has 0 spiro atoms. The van der Waals surface area contributed by atoms with Crippen molar-refractivity contribution in [2.75, 3.05) is 17.7 Å². The van der Waals surface area contributed by atoms with Crippen LogP contribution in [0.5, 0.6) is 0 Å². The van der Waals surface area contributed by atoms with Crippen LogP contribution in [0, 0.1) is 0 Å². The summed E-state index contributed by atoms with van der Waals surface area (Å²) < 4.78 is 2.36. The molecular formula is C44H34N4. The number of aliphatic imine (C=N–C) groups is 1. The minimum atomic E-state index is 0.347.